The van der Waals surface area contributed by atoms with E-state index in [2.05, 4.69) is 0 Å². The fourth-order valence-electron chi connectivity index (χ4n) is 1.91. The standard InChI is InChI=1S/C10H10N2.C6H8N2.3C2H6/c11-8-5-1-3-7-4-2-6-9(12)10(7)8;7-5-3-1-2-4-6(5)8;3*1-2/h1-6H,11-12H2;1-4H,7-8H2;3*1-2H3. The summed E-state index contributed by atoms with van der Waals surface area (Å²) < 4.78 is 0. The average molecular weight is 357 g/mol. The van der Waals surface area contributed by atoms with Gasteiger partial charge in [0.1, 0.15) is 0 Å². The Labute approximate surface area is 159 Å². The van der Waals surface area contributed by atoms with E-state index in [-0.39, 0.29) is 0 Å². The van der Waals surface area contributed by atoms with Crippen molar-refractivity contribution in [2.24, 2.45) is 0 Å². The molecular weight excluding hydrogens is 320 g/mol. The summed E-state index contributed by atoms with van der Waals surface area (Å²) >= 11 is 0. The maximum absolute atomic E-state index is 5.78. The molecule has 0 saturated carbocycles. The van der Waals surface area contributed by atoms with E-state index in [0.717, 1.165) is 22.1 Å². The smallest absolute Gasteiger partial charge is 0.0547 e. The maximum atomic E-state index is 5.78. The van der Waals surface area contributed by atoms with Gasteiger partial charge in [-0.2, -0.15) is 0 Å². The molecule has 4 nitrogen and oxygen atoms in total. The first-order chi connectivity index (χ1) is 12.6. The second-order valence-corrected chi connectivity index (χ2v) is 4.42. The van der Waals surface area contributed by atoms with Gasteiger partial charge in [-0.15, -0.1) is 0 Å². The molecule has 144 valence electrons. The molecule has 4 heteroatoms. The molecule has 3 aromatic rings. The molecule has 8 N–H and O–H groups in total. The molecule has 3 aromatic carbocycles. The van der Waals surface area contributed by atoms with Crippen LogP contribution in [0.4, 0.5) is 22.7 Å². The predicted octanol–water partition coefficient (Wildman–Crippen LogP) is 5.93. The molecule has 0 aromatic heterocycles. The highest BCUT2D eigenvalue weighted by molar-refractivity contribution is 6.01. The van der Waals surface area contributed by atoms with Gasteiger partial charge in [0.2, 0.25) is 0 Å². The highest BCUT2D eigenvalue weighted by Gasteiger charge is 1.99. The Morgan fingerprint density at radius 2 is 0.731 bits per heavy atom. The van der Waals surface area contributed by atoms with E-state index in [1.807, 2.05) is 90.1 Å². The zero-order valence-electron chi connectivity index (χ0n) is 17.1. The van der Waals surface area contributed by atoms with Crippen LogP contribution < -0.4 is 22.9 Å². The number of nitrogens with two attached hydrogens (primary N) is 4. The predicted molar refractivity (Wildman–Crippen MR) is 122 cm³/mol. The van der Waals surface area contributed by atoms with Crippen molar-refractivity contribution < 1.29 is 0 Å². The molecule has 0 radical (unpaired) electrons. The lowest BCUT2D eigenvalue weighted by Crippen LogP contribution is -1.91. The number of para-hydroxylation sites is 2. The molecule has 3 rings (SSSR count). The van der Waals surface area contributed by atoms with Crippen LogP contribution in [0, 0.1) is 0 Å². The minimum atomic E-state index is 0.646. The molecule has 0 aliphatic rings. The fraction of sp³-hybridized carbons (Fsp3) is 0.273. The number of benzene rings is 3. The summed E-state index contributed by atoms with van der Waals surface area (Å²) in [5.74, 6) is 0. The number of fused-ring (bicyclic) bond motifs is 1. The number of rotatable bonds is 0. The van der Waals surface area contributed by atoms with Gasteiger partial charge in [-0.05, 0) is 29.7 Å². The monoisotopic (exact) mass is 356 g/mol. The van der Waals surface area contributed by atoms with Crippen molar-refractivity contribution in [3.8, 4) is 0 Å². The molecule has 0 aliphatic heterocycles. The highest BCUT2D eigenvalue weighted by atomic mass is 14.7. The van der Waals surface area contributed by atoms with Crippen LogP contribution in [0.3, 0.4) is 0 Å². The second kappa shape index (κ2) is 15.6. The summed E-state index contributed by atoms with van der Waals surface area (Å²) in [7, 11) is 0. The van der Waals surface area contributed by atoms with E-state index < -0.39 is 0 Å². The first-order valence-electron chi connectivity index (χ1n) is 9.22. The van der Waals surface area contributed by atoms with E-state index in [1.165, 1.54) is 0 Å². The zero-order chi connectivity index (χ0) is 20.5. The van der Waals surface area contributed by atoms with E-state index in [0.29, 0.717) is 11.4 Å². The van der Waals surface area contributed by atoms with Crippen LogP contribution in [0.1, 0.15) is 41.5 Å². The topological polar surface area (TPSA) is 104 Å². The molecule has 0 unspecified atom stereocenters. The lowest BCUT2D eigenvalue weighted by atomic mass is 10.1. The molecule has 0 amide bonds. The molecule has 0 bridgehead atoms. The van der Waals surface area contributed by atoms with Crippen LogP contribution in [0.5, 0.6) is 0 Å². The number of hydrogen-bond donors (Lipinski definition) is 4. The van der Waals surface area contributed by atoms with E-state index in [4.69, 9.17) is 22.9 Å². The van der Waals surface area contributed by atoms with E-state index in [9.17, 15) is 0 Å². The third-order valence-electron chi connectivity index (χ3n) is 2.97. The van der Waals surface area contributed by atoms with Gasteiger partial charge in [-0.1, -0.05) is 77.9 Å². The van der Waals surface area contributed by atoms with Crippen LogP contribution in [-0.4, -0.2) is 0 Å². The Hall–Kier alpha value is -2.88. The number of hydrogen-bond acceptors (Lipinski definition) is 4. The Morgan fingerprint density at radius 1 is 0.423 bits per heavy atom. The quantitative estimate of drug-likeness (QED) is 0.374. The summed E-state index contributed by atoms with van der Waals surface area (Å²) in [4.78, 5) is 0. The third kappa shape index (κ3) is 8.29. The molecular formula is C22H36N4. The van der Waals surface area contributed by atoms with Gasteiger partial charge < -0.3 is 22.9 Å². The Balaban J connectivity index is 0. The van der Waals surface area contributed by atoms with Gasteiger partial charge in [0.05, 0.1) is 11.4 Å². The summed E-state index contributed by atoms with van der Waals surface area (Å²) in [5.41, 5.74) is 25.1. The first kappa shape index (κ1) is 25.4. The minimum absolute atomic E-state index is 0.646. The van der Waals surface area contributed by atoms with Crippen molar-refractivity contribution in [1.82, 2.24) is 0 Å². The summed E-state index contributed by atoms with van der Waals surface area (Å²) in [6, 6.07) is 18.8. The van der Waals surface area contributed by atoms with Crippen molar-refractivity contribution in [3.63, 3.8) is 0 Å². The van der Waals surface area contributed by atoms with E-state index in [1.54, 1.807) is 12.1 Å². The van der Waals surface area contributed by atoms with Crippen molar-refractivity contribution in [1.29, 1.82) is 0 Å². The third-order valence-corrected chi connectivity index (χ3v) is 2.97. The summed E-state index contributed by atoms with van der Waals surface area (Å²) in [6.45, 7) is 12.0. The van der Waals surface area contributed by atoms with Crippen molar-refractivity contribution in [3.05, 3.63) is 60.7 Å². The molecule has 0 heterocycles. The van der Waals surface area contributed by atoms with Gasteiger partial charge in [0.25, 0.3) is 0 Å². The SMILES string of the molecule is CC.CC.CC.Nc1cccc2cccc(N)c12.Nc1ccccc1N. The molecule has 0 atom stereocenters. The largest absolute Gasteiger partial charge is 0.398 e. The zero-order valence-corrected chi connectivity index (χ0v) is 17.1. The van der Waals surface area contributed by atoms with Crippen molar-refractivity contribution in [2.45, 2.75) is 41.5 Å². The van der Waals surface area contributed by atoms with Gasteiger partial charge in [0.15, 0.2) is 0 Å². The highest BCUT2D eigenvalue weighted by Crippen LogP contribution is 2.25. The Bertz CT molecular complexity index is 666. The summed E-state index contributed by atoms with van der Waals surface area (Å²) in [6.07, 6.45) is 0. The second-order valence-electron chi connectivity index (χ2n) is 4.42. The van der Waals surface area contributed by atoms with Crippen LogP contribution in [0.2, 0.25) is 0 Å². The van der Waals surface area contributed by atoms with Gasteiger partial charge >= 0.3 is 0 Å². The van der Waals surface area contributed by atoms with Gasteiger partial charge in [-0.3, -0.25) is 0 Å². The molecule has 0 aliphatic carbocycles. The Morgan fingerprint density at radius 3 is 1.00 bits per heavy atom. The molecule has 0 saturated heterocycles. The lowest BCUT2D eigenvalue weighted by molar-refractivity contribution is 1.50. The van der Waals surface area contributed by atoms with Gasteiger partial charge in [0, 0.05) is 16.8 Å². The number of nitrogen functional groups attached to an aromatic ring is 4. The average Bonchev–Trinajstić information content (AvgIpc) is 2.70. The number of anilines is 4. The minimum Gasteiger partial charge on any atom is -0.398 e. The van der Waals surface area contributed by atoms with Crippen molar-refractivity contribution in [2.75, 3.05) is 22.9 Å². The lowest BCUT2D eigenvalue weighted by Gasteiger charge is -2.03. The molecule has 0 fully saturated rings. The van der Waals surface area contributed by atoms with Crippen LogP contribution in [-0.2, 0) is 0 Å². The molecule has 0 spiro atoms. The van der Waals surface area contributed by atoms with Gasteiger partial charge in [-0.25, -0.2) is 0 Å². The van der Waals surface area contributed by atoms with Crippen LogP contribution >= 0.6 is 0 Å². The van der Waals surface area contributed by atoms with Crippen molar-refractivity contribution >= 4 is 33.5 Å². The van der Waals surface area contributed by atoms with E-state index >= 15 is 0 Å². The van der Waals surface area contributed by atoms with Crippen LogP contribution in [0.15, 0.2) is 60.7 Å². The normalized spacial score (nSPS) is 8.23. The first-order valence-corrected chi connectivity index (χ1v) is 9.22. The maximum Gasteiger partial charge on any atom is 0.0547 e. The molecule has 26 heavy (non-hydrogen) atoms. The fourth-order valence-corrected chi connectivity index (χ4v) is 1.91. The summed E-state index contributed by atoms with van der Waals surface area (Å²) in [5, 5.41) is 2.05. The Kier molecular flexibility index (Phi) is 15.3. The van der Waals surface area contributed by atoms with Crippen LogP contribution in [0.25, 0.3) is 10.8 Å².